The summed E-state index contributed by atoms with van der Waals surface area (Å²) < 4.78 is 29.0. The van der Waals surface area contributed by atoms with Crippen LogP contribution < -0.4 is 0 Å². The van der Waals surface area contributed by atoms with E-state index >= 15 is 0 Å². The van der Waals surface area contributed by atoms with Crippen LogP contribution in [0.1, 0.15) is 18.2 Å². The van der Waals surface area contributed by atoms with Gasteiger partial charge in [0.2, 0.25) is 10.0 Å². The lowest BCUT2D eigenvalue weighted by atomic mass is 10.2. The van der Waals surface area contributed by atoms with Gasteiger partial charge in [0, 0.05) is 50.5 Å². The third-order valence-corrected chi connectivity index (χ3v) is 6.90. The Bertz CT molecular complexity index is 842. The molecule has 0 saturated carbocycles. The smallest absolute Gasteiger partial charge is 0.246 e. The van der Waals surface area contributed by atoms with Gasteiger partial charge in [-0.05, 0) is 25.5 Å². The van der Waals surface area contributed by atoms with Gasteiger partial charge >= 0.3 is 0 Å². The summed E-state index contributed by atoms with van der Waals surface area (Å²) in [7, 11) is -3.49. The Labute approximate surface area is 154 Å². The molecule has 2 aromatic rings. The van der Waals surface area contributed by atoms with Gasteiger partial charge in [0.15, 0.2) is 0 Å². The Morgan fingerprint density at radius 2 is 1.84 bits per heavy atom. The van der Waals surface area contributed by atoms with Gasteiger partial charge in [0.05, 0.1) is 5.69 Å². The van der Waals surface area contributed by atoms with E-state index in [1.54, 1.807) is 22.1 Å². The highest BCUT2D eigenvalue weighted by Crippen LogP contribution is 2.22. The van der Waals surface area contributed by atoms with E-state index < -0.39 is 10.0 Å². The molecule has 25 heavy (non-hydrogen) atoms. The number of sulfonamides is 1. The van der Waals surface area contributed by atoms with Gasteiger partial charge < -0.3 is 0 Å². The Hall–Kier alpha value is -1.41. The first kappa shape index (κ1) is 18.4. The minimum atomic E-state index is -3.49. The monoisotopic (exact) mass is 382 g/mol. The number of nitrogens with zero attached hydrogens (tertiary/aromatic N) is 4. The molecule has 1 fully saturated rings. The van der Waals surface area contributed by atoms with Crippen molar-refractivity contribution in [1.29, 1.82) is 0 Å². The summed E-state index contributed by atoms with van der Waals surface area (Å²) in [6.07, 6.45) is 1.63. The Morgan fingerprint density at radius 3 is 2.44 bits per heavy atom. The lowest BCUT2D eigenvalue weighted by Crippen LogP contribution is -2.48. The van der Waals surface area contributed by atoms with Gasteiger partial charge in [-0.2, -0.15) is 9.40 Å². The van der Waals surface area contributed by atoms with Crippen molar-refractivity contribution >= 4 is 21.6 Å². The lowest BCUT2D eigenvalue weighted by molar-refractivity contribution is 0.181. The molecular weight excluding hydrogens is 360 g/mol. The van der Waals surface area contributed by atoms with E-state index in [4.69, 9.17) is 11.6 Å². The number of halogens is 1. The van der Waals surface area contributed by atoms with Gasteiger partial charge in [-0.25, -0.2) is 8.42 Å². The number of piperazine rings is 1. The quantitative estimate of drug-likeness (QED) is 0.796. The molecular formula is C17H23ClN4O2S. The summed E-state index contributed by atoms with van der Waals surface area (Å²) in [4.78, 5) is 2.55. The van der Waals surface area contributed by atoms with Crippen molar-refractivity contribution in [2.75, 3.05) is 26.2 Å². The highest BCUT2D eigenvalue weighted by Gasteiger charge is 2.31. The zero-order valence-electron chi connectivity index (χ0n) is 14.5. The van der Waals surface area contributed by atoms with Crippen LogP contribution in [0.5, 0.6) is 0 Å². The SMILES string of the molecule is CCn1cc(S(=O)(=O)N2CCN(Cc3ccccc3Cl)CC2)c(C)n1. The third-order valence-electron chi connectivity index (χ3n) is 4.53. The minimum Gasteiger partial charge on any atom is -0.296 e. The summed E-state index contributed by atoms with van der Waals surface area (Å²) >= 11 is 6.22. The number of rotatable bonds is 5. The molecule has 0 amide bonds. The molecule has 1 saturated heterocycles. The molecule has 1 aromatic heterocycles. The van der Waals surface area contributed by atoms with Crippen LogP contribution in [-0.4, -0.2) is 53.6 Å². The highest BCUT2D eigenvalue weighted by atomic mass is 35.5. The van der Waals surface area contributed by atoms with Gasteiger partial charge in [-0.3, -0.25) is 9.58 Å². The van der Waals surface area contributed by atoms with Crippen molar-refractivity contribution in [2.24, 2.45) is 0 Å². The first-order valence-electron chi connectivity index (χ1n) is 8.41. The van der Waals surface area contributed by atoms with Crippen LogP contribution in [-0.2, 0) is 23.1 Å². The third kappa shape index (κ3) is 3.89. The second kappa shape index (κ2) is 7.45. The van der Waals surface area contributed by atoms with Crippen molar-refractivity contribution < 1.29 is 8.42 Å². The maximum atomic E-state index is 12.9. The van der Waals surface area contributed by atoms with Crippen LogP contribution in [0.3, 0.4) is 0 Å². The van der Waals surface area contributed by atoms with Crippen LogP contribution in [0.4, 0.5) is 0 Å². The van der Waals surface area contributed by atoms with Crippen molar-refractivity contribution in [1.82, 2.24) is 19.0 Å². The van der Waals surface area contributed by atoms with Crippen LogP contribution in [0, 0.1) is 6.92 Å². The normalized spacial score (nSPS) is 17.1. The molecule has 0 radical (unpaired) electrons. The van der Waals surface area contributed by atoms with E-state index in [0.717, 1.165) is 17.1 Å². The second-order valence-electron chi connectivity index (χ2n) is 6.21. The average molecular weight is 383 g/mol. The number of benzene rings is 1. The molecule has 2 heterocycles. The van der Waals surface area contributed by atoms with Crippen molar-refractivity contribution in [3.63, 3.8) is 0 Å². The first-order valence-corrected chi connectivity index (χ1v) is 10.2. The van der Waals surface area contributed by atoms with E-state index in [9.17, 15) is 8.42 Å². The van der Waals surface area contributed by atoms with Crippen molar-refractivity contribution in [3.8, 4) is 0 Å². The fourth-order valence-corrected chi connectivity index (χ4v) is 4.84. The number of hydrogen-bond donors (Lipinski definition) is 0. The summed E-state index contributed by atoms with van der Waals surface area (Å²) in [5.74, 6) is 0. The van der Waals surface area contributed by atoms with Gasteiger partial charge in [-0.1, -0.05) is 29.8 Å². The molecule has 1 aromatic carbocycles. The molecule has 0 bridgehead atoms. The van der Waals surface area contributed by atoms with E-state index in [1.165, 1.54) is 0 Å². The van der Waals surface area contributed by atoms with Crippen molar-refractivity contribution in [3.05, 3.63) is 46.7 Å². The molecule has 1 aliphatic rings. The lowest BCUT2D eigenvalue weighted by Gasteiger charge is -2.34. The zero-order chi connectivity index (χ0) is 18.0. The van der Waals surface area contributed by atoms with Gasteiger partial charge in [0.25, 0.3) is 0 Å². The summed E-state index contributed by atoms with van der Waals surface area (Å²) in [5.41, 5.74) is 1.63. The summed E-state index contributed by atoms with van der Waals surface area (Å²) in [5, 5.41) is 5.01. The molecule has 0 aliphatic carbocycles. The Kier molecular flexibility index (Phi) is 5.48. The number of hydrogen-bond acceptors (Lipinski definition) is 4. The van der Waals surface area contributed by atoms with Crippen molar-refractivity contribution in [2.45, 2.75) is 31.8 Å². The number of aryl methyl sites for hydroxylation is 2. The molecule has 6 nitrogen and oxygen atoms in total. The molecule has 0 spiro atoms. The molecule has 0 N–H and O–H groups in total. The molecule has 8 heteroatoms. The largest absolute Gasteiger partial charge is 0.296 e. The first-order chi connectivity index (χ1) is 11.9. The minimum absolute atomic E-state index is 0.314. The topological polar surface area (TPSA) is 58.4 Å². The van der Waals surface area contributed by atoms with Crippen LogP contribution in [0.25, 0.3) is 0 Å². The summed E-state index contributed by atoms with van der Waals surface area (Å²) in [6.45, 7) is 7.40. The fraction of sp³-hybridized carbons (Fsp3) is 0.471. The van der Waals surface area contributed by atoms with E-state index in [-0.39, 0.29) is 0 Å². The number of aromatic nitrogens is 2. The van der Waals surface area contributed by atoms with E-state index in [1.807, 2.05) is 31.2 Å². The summed E-state index contributed by atoms with van der Waals surface area (Å²) in [6, 6.07) is 7.77. The average Bonchev–Trinajstić information content (AvgIpc) is 2.99. The maximum Gasteiger partial charge on any atom is 0.246 e. The zero-order valence-corrected chi connectivity index (χ0v) is 16.1. The Balaban J connectivity index is 1.67. The molecule has 3 rings (SSSR count). The standard InChI is InChI=1S/C17H23ClN4O2S/c1-3-21-13-17(14(2)19-21)25(23,24)22-10-8-20(9-11-22)12-15-6-4-5-7-16(15)18/h4-7,13H,3,8-12H2,1-2H3. The van der Waals surface area contributed by atoms with Gasteiger partial charge in [0.1, 0.15) is 4.90 Å². The Morgan fingerprint density at radius 1 is 1.16 bits per heavy atom. The predicted molar refractivity (Wildman–Crippen MR) is 98.1 cm³/mol. The van der Waals surface area contributed by atoms with Crippen LogP contribution in [0.2, 0.25) is 5.02 Å². The van der Waals surface area contributed by atoms with Crippen LogP contribution in [0.15, 0.2) is 35.4 Å². The van der Waals surface area contributed by atoms with Crippen LogP contribution >= 0.6 is 11.6 Å². The second-order valence-corrected chi connectivity index (χ2v) is 8.52. The molecule has 1 aliphatic heterocycles. The highest BCUT2D eigenvalue weighted by molar-refractivity contribution is 7.89. The molecule has 136 valence electrons. The van der Waals surface area contributed by atoms with E-state index in [0.29, 0.717) is 43.3 Å². The molecule has 0 unspecified atom stereocenters. The molecule has 0 atom stereocenters. The van der Waals surface area contributed by atoms with Gasteiger partial charge in [-0.15, -0.1) is 0 Å². The predicted octanol–water partition coefficient (Wildman–Crippen LogP) is 2.37. The maximum absolute atomic E-state index is 12.9. The van der Waals surface area contributed by atoms with E-state index in [2.05, 4.69) is 10.00 Å². The fourth-order valence-electron chi connectivity index (χ4n) is 3.05.